The average Bonchev–Trinajstić information content (AvgIpc) is 2.12. The molecule has 0 amide bonds. The summed E-state index contributed by atoms with van der Waals surface area (Å²) in [6.45, 7) is 8.19. The first-order valence-corrected chi connectivity index (χ1v) is 6.33. The zero-order chi connectivity index (χ0) is 11.9. The summed E-state index contributed by atoms with van der Waals surface area (Å²) in [7, 11) is 0. The molecule has 0 fully saturated rings. The molecule has 0 aromatic rings. The Bertz CT molecular complexity index is 151. The van der Waals surface area contributed by atoms with E-state index in [1.165, 1.54) is 12.8 Å². The number of rotatable bonds is 8. The van der Waals surface area contributed by atoms with Gasteiger partial charge in [0, 0.05) is 6.04 Å². The molecule has 0 aliphatic heterocycles. The Morgan fingerprint density at radius 3 is 2.27 bits per heavy atom. The van der Waals surface area contributed by atoms with E-state index in [1.807, 2.05) is 13.8 Å². The third kappa shape index (κ3) is 10.2. The molecular formula is C13H29NO. The normalized spacial score (nSPS) is 16.4. The van der Waals surface area contributed by atoms with E-state index in [2.05, 4.69) is 13.8 Å². The van der Waals surface area contributed by atoms with Crippen molar-refractivity contribution in [2.45, 2.75) is 77.9 Å². The standard InChI is InChI=1S/C13H29NO/c1-5-12(14)9-8-11(2)7-6-10-13(3,4)15/h11-12,15H,5-10,14H2,1-4H3. The first kappa shape index (κ1) is 14.9. The largest absolute Gasteiger partial charge is 0.390 e. The van der Waals surface area contributed by atoms with Gasteiger partial charge >= 0.3 is 0 Å². The maximum Gasteiger partial charge on any atom is 0.0591 e. The van der Waals surface area contributed by atoms with Crippen molar-refractivity contribution in [2.24, 2.45) is 11.7 Å². The second kappa shape index (κ2) is 7.24. The summed E-state index contributed by atoms with van der Waals surface area (Å²) in [5.41, 5.74) is 5.38. The van der Waals surface area contributed by atoms with Gasteiger partial charge in [-0.3, -0.25) is 0 Å². The first-order chi connectivity index (χ1) is 6.85. The molecule has 2 unspecified atom stereocenters. The molecule has 0 aliphatic rings. The fraction of sp³-hybridized carbons (Fsp3) is 1.00. The molecule has 0 bridgehead atoms. The second-order valence-corrected chi connectivity index (χ2v) is 5.56. The minimum Gasteiger partial charge on any atom is -0.390 e. The van der Waals surface area contributed by atoms with Crippen molar-refractivity contribution in [2.75, 3.05) is 0 Å². The topological polar surface area (TPSA) is 46.2 Å². The van der Waals surface area contributed by atoms with Crippen LogP contribution >= 0.6 is 0 Å². The number of aliphatic hydroxyl groups is 1. The van der Waals surface area contributed by atoms with Gasteiger partial charge < -0.3 is 10.8 Å². The third-order valence-corrected chi connectivity index (χ3v) is 3.04. The van der Waals surface area contributed by atoms with Gasteiger partial charge in [0.1, 0.15) is 0 Å². The van der Waals surface area contributed by atoms with E-state index < -0.39 is 5.60 Å². The molecule has 0 saturated carbocycles. The van der Waals surface area contributed by atoms with Crippen molar-refractivity contribution >= 4 is 0 Å². The van der Waals surface area contributed by atoms with Crippen molar-refractivity contribution in [3.8, 4) is 0 Å². The highest BCUT2D eigenvalue weighted by molar-refractivity contribution is 4.67. The summed E-state index contributed by atoms with van der Waals surface area (Å²) in [5.74, 6) is 0.741. The second-order valence-electron chi connectivity index (χ2n) is 5.56. The summed E-state index contributed by atoms with van der Waals surface area (Å²) < 4.78 is 0. The van der Waals surface area contributed by atoms with Crippen LogP contribution in [-0.2, 0) is 0 Å². The van der Waals surface area contributed by atoms with Crippen LogP contribution in [-0.4, -0.2) is 16.7 Å². The van der Waals surface area contributed by atoms with Crippen molar-refractivity contribution in [3.05, 3.63) is 0 Å². The molecule has 0 heterocycles. The van der Waals surface area contributed by atoms with Gasteiger partial charge in [0.05, 0.1) is 5.60 Å². The summed E-state index contributed by atoms with van der Waals surface area (Å²) >= 11 is 0. The zero-order valence-electron chi connectivity index (χ0n) is 10.9. The van der Waals surface area contributed by atoms with Crippen molar-refractivity contribution in [3.63, 3.8) is 0 Å². The number of hydrogen-bond acceptors (Lipinski definition) is 2. The van der Waals surface area contributed by atoms with Crippen LogP contribution in [0.3, 0.4) is 0 Å². The minimum atomic E-state index is -0.500. The van der Waals surface area contributed by atoms with Gasteiger partial charge in [-0.25, -0.2) is 0 Å². The maximum atomic E-state index is 9.57. The van der Waals surface area contributed by atoms with Crippen LogP contribution in [0.25, 0.3) is 0 Å². The van der Waals surface area contributed by atoms with E-state index >= 15 is 0 Å². The minimum absolute atomic E-state index is 0.377. The maximum absolute atomic E-state index is 9.57. The van der Waals surface area contributed by atoms with Crippen LogP contribution in [0.4, 0.5) is 0 Å². The van der Waals surface area contributed by atoms with E-state index in [1.54, 1.807) is 0 Å². The van der Waals surface area contributed by atoms with Gasteiger partial charge in [0.25, 0.3) is 0 Å². The molecule has 0 rings (SSSR count). The Balaban J connectivity index is 3.45. The molecule has 0 saturated heterocycles. The first-order valence-electron chi connectivity index (χ1n) is 6.33. The van der Waals surface area contributed by atoms with Gasteiger partial charge in [-0.2, -0.15) is 0 Å². The predicted molar refractivity (Wildman–Crippen MR) is 66.8 cm³/mol. The predicted octanol–water partition coefficient (Wildman–Crippen LogP) is 3.08. The van der Waals surface area contributed by atoms with Crippen LogP contribution in [0.5, 0.6) is 0 Å². The summed E-state index contributed by atoms with van der Waals surface area (Å²) in [6, 6.07) is 0.377. The van der Waals surface area contributed by atoms with E-state index in [0.29, 0.717) is 6.04 Å². The van der Waals surface area contributed by atoms with Crippen LogP contribution in [0.1, 0.15) is 66.2 Å². The highest BCUT2D eigenvalue weighted by Gasteiger charge is 2.13. The van der Waals surface area contributed by atoms with Crippen molar-refractivity contribution in [1.82, 2.24) is 0 Å². The molecule has 15 heavy (non-hydrogen) atoms. The van der Waals surface area contributed by atoms with Crippen LogP contribution < -0.4 is 5.73 Å². The van der Waals surface area contributed by atoms with Gasteiger partial charge in [-0.15, -0.1) is 0 Å². The van der Waals surface area contributed by atoms with E-state index in [0.717, 1.165) is 31.6 Å². The summed E-state index contributed by atoms with van der Waals surface area (Å²) in [6.07, 6.45) is 6.67. The van der Waals surface area contributed by atoms with Crippen LogP contribution in [0, 0.1) is 5.92 Å². The Kier molecular flexibility index (Phi) is 7.20. The SMILES string of the molecule is CCC(N)CCC(C)CCCC(C)(C)O. The lowest BCUT2D eigenvalue weighted by Crippen LogP contribution is -2.20. The van der Waals surface area contributed by atoms with Crippen molar-refractivity contribution in [1.29, 1.82) is 0 Å². The fourth-order valence-electron chi connectivity index (χ4n) is 1.73. The summed E-state index contributed by atoms with van der Waals surface area (Å²) in [4.78, 5) is 0. The molecule has 2 nitrogen and oxygen atoms in total. The van der Waals surface area contributed by atoms with Gasteiger partial charge in [-0.05, 0) is 45.4 Å². The molecule has 2 atom stereocenters. The average molecular weight is 215 g/mol. The molecule has 2 heteroatoms. The molecule has 0 aliphatic carbocycles. The molecule has 0 radical (unpaired) electrons. The van der Waals surface area contributed by atoms with Crippen molar-refractivity contribution < 1.29 is 5.11 Å². The molecule has 3 N–H and O–H groups in total. The highest BCUT2D eigenvalue weighted by Crippen LogP contribution is 2.19. The van der Waals surface area contributed by atoms with E-state index in [9.17, 15) is 5.11 Å². The third-order valence-electron chi connectivity index (χ3n) is 3.04. The Labute approximate surface area is 95.3 Å². The van der Waals surface area contributed by atoms with Crippen LogP contribution in [0.15, 0.2) is 0 Å². The monoisotopic (exact) mass is 215 g/mol. The lowest BCUT2D eigenvalue weighted by Gasteiger charge is -2.19. The van der Waals surface area contributed by atoms with Gasteiger partial charge in [-0.1, -0.05) is 26.7 Å². The van der Waals surface area contributed by atoms with E-state index in [-0.39, 0.29) is 0 Å². The van der Waals surface area contributed by atoms with Gasteiger partial charge in [0.15, 0.2) is 0 Å². The fourth-order valence-corrected chi connectivity index (χ4v) is 1.73. The molecular weight excluding hydrogens is 186 g/mol. The zero-order valence-corrected chi connectivity index (χ0v) is 10.9. The van der Waals surface area contributed by atoms with Crippen LogP contribution in [0.2, 0.25) is 0 Å². The Hall–Kier alpha value is -0.0800. The van der Waals surface area contributed by atoms with E-state index in [4.69, 9.17) is 5.73 Å². The lowest BCUT2D eigenvalue weighted by molar-refractivity contribution is 0.0668. The smallest absolute Gasteiger partial charge is 0.0591 e. The highest BCUT2D eigenvalue weighted by atomic mass is 16.3. The molecule has 0 aromatic heterocycles. The molecule has 0 spiro atoms. The lowest BCUT2D eigenvalue weighted by atomic mass is 9.93. The number of nitrogens with two attached hydrogens (primary N) is 1. The Morgan fingerprint density at radius 2 is 1.80 bits per heavy atom. The Morgan fingerprint density at radius 1 is 1.20 bits per heavy atom. The molecule has 0 aromatic carbocycles. The molecule has 92 valence electrons. The quantitative estimate of drug-likeness (QED) is 0.653. The number of hydrogen-bond donors (Lipinski definition) is 2. The summed E-state index contributed by atoms with van der Waals surface area (Å²) in [5, 5.41) is 9.57. The van der Waals surface area contributed by atoms with Gasteiger partial charge in [0.2, 0.25) is 0 Å².